The van der Waals surface area contributed by atoms with Gasteiger partial charge in [0.1, 0.15) is 5.69 Å². The van der Waals surface area contributed by atoms with Crippen LogP contribution in [-0.4, -0.2) is 15.3 Å². The molecule has 0 saturated carbocycles. The van der Waals surface area contributed by atoms with Crippen LogP contribution in [0.15, 0.2) is 60.7 Å². The van der Waals surface area contributed by atoms with E-state index in [0.717, 1.165) is 22.6 Å². The number of thiocarbonyl (C=S) groups is 1. The first-order valence-corrected chi connectivity index (χ1v) is 8.31. The Labute approximate surface area is 154 Å². The third-order valence-electron chi connectivity index (χ3n) is 3.66. The van der Waals surface area contributed by atoms with Crippen molar-refractivity contribution in [1.82, 2.24) is 15.6 Å². The fraction of sp³-hybridized carbons (Fsp3) is 0. The zero-order chi connectivity index (χ0) is 17.2. The Morgan fingerprint density at radius 3 is 2.48 bits per heavy atom. The van der Waals surface area contributed by atoms with Crippen LogP contribution in [-0.2, 0) is 0 Å². The maximum atomic E-state index is 5.94. The number of aromatic nitrogens is 2. The van der Waals surface area contributed by atoms with Gasteiger partial charge in [-0.25, -0.2) is 5.01 Å². The number of hydrogen-bond donors (Lipinski definition) is 3. The molecule has 0 saturated heterocycles. The van der Waals surface area contributed by atoms with E-state index in [9.17, 15) is 0 Å². The van der Waals surface area contributed by atoms with E-state index >= 15 is 0 Å². The van der Waals surface area contributed by atoms with Crippen LogP contribution in [0.25, 0.3) is 11.3 Å². The third kappa shape index (κ3) is 3.19. The molecule has 3 aromatic rings. The molecule has 4 rings (SSSR count). The van der Waals surface area contributed by atoms with Crippen molar-refractivity contribution in [2.24, 2.45) is 0 Å². The Hall–Kier alpha value is -2.90. The van der Waals surface area contributed by atoms with Crippen LogP contribution in [0.1, 0.15) is 0 Å². The normalized spacial score (nSPS) is 12.8. The van der Waals surface area contributed by atoms with E-state index in [1.54, 1.807) is 5.01 Å². The Bertz CT molecular complexity index is 916. The molecule has 0 amide bonds. The summed E-state index contributed by atoms with van der Waals surface area (Å²) in [6, 6.07) is 19.2. The lowest BCUT2D eigenvalue weighted by Crippen LogP contribution is -2.50. The van der Waals surface area contributed by atoms with Crippen LogP contribution in [0.5, 0.6) is 0 Å². The second-order valence-electron chi connectivity index (χ2n) is 5.34. The highest BCUT2D eigenvalue weighted by Gasteiger charge is 2.23. The monoisotopic (exact) mass is 368 g/mol. The first kappa shape index (κ1) is 15.6. The zero-order valence-corrected chi connectivity index (χ0v) is 14.5. The highest BCUT2D eigenvalue weighted by atomic mass is 35.5. The number of nitrogens with zero attached hydrogens (tertiary/aromatic N) is 3. The zero-order valence-electron chi connectivity index (χ0n) is 12.9. The molecule has 8 heteroatoms. The predicted octanol–water partition coefficient (Wildman–Crippen LogP) is 3.85. The molecule has 0 aliphatic carbocycles. The van der Waals surface area contributed by atoms with Crippen molar-refractivity contribution in [2.45, 2.75) is 0 Å². The predicted molar refractivity (Wildman–Crippen MR) is 104 cm³/mol. The molecule has 0 radical (unpaired) electrons. The Kier molecular flexibility index (Phi) is 4.09. The van der Waals surface area contributed by atoms with E-state index in [4.69, 9.17) is 23.8 Å². The molecule has 0 spiro atoms. The summed E-state index contributed by atoms with van der Waals surface area (Å²) in [4.78, 5) is 0. The van der Waals surface area contributed by atoms with Crippen LogP contribution in [0.2, 0.25) is 5.02 Å². The summed E-state index contributed by atoms with van der Waals surface area (Å²) in [5.41, 5.74) is 12.5. The van der Waals surface area contributed by atoms with Crippen LogP contribution in [0.4, 0.5) is 17.2 Å². The lowest BCUT2D eigenvalue weighted by Gasteiger charge is -2.32. The lowest BCUT2D eigenvalue weighted by atomic mass is 10.1. The molecule has 2 aromatic carbocycles. The van der Waals surface area contributed by atoms with Crippen molar-refractivity contribution in [2.75, 3.05) is 15.9 Å². The minimum atomic E-state index is 0.467. The van der Waals surface area contributed by atoms with E-state index in [-0.39, 0.29) is 0 Å². The van der Waals surface area contributed by atoms with Crippen molar-refractivity contribution < 1.29 is 0 Å². The fourth-order valence-electron chi connectivity index (χ4n) is 2.43. The number of nitrogens with one attached hydrogen (secondary N) is 3. The molecule has 0 bridgehead atoms. The van der Waals surface area contributed by atoms with Crippen molar-refractivity contribution in [3.05, 3.63) is 65.7 Å². The van der Waals surface area contributed by atoms with Gasteiger partial charge in [0.25, 0.3) is 0 Å². The van der Waals surface area contributed by atoms with Gasteiger partial charge in [0.15, 0.2) is 5.82 Å². The van der Waals surface area contributed by atoms with Crippen molar-refractivity contribution >= 4 is 46.1 Å². The molecule has 2 heterocycles. The van der Waals surface area contributed by atoms with Gasteiger partial charge in [0.05, 0.1) is 11.4 Å². The van der Waals surface area contributed by atoms with Gasteiger partial charge in [-0.15, -0.1) is 10.2 Å². The van der Waals surface area contributed by atoms with Gasteiger partial charge in [-0.1, -0.05) is 41.9 Å². The first-order valence-electron chi connectivity index (χ1n) is 7.52. The number of hydrazine groups is 2. The topological polar surface area (TPSA) is 65.1 Å². The Morgan fingerprint density at radius 2 is 1.72 bits per heavy atom. The minimum Gasteiger partial charge on any atom is -0.292 e. The van der Waals surface area contributed by atoms with Gasteiger partial charge in [0, 0.05) is 10.6 Å². The van der Waals surface area contributed by atoms with E-state index in [0.29, 0.717) is 16.0 Å². The summed E-state index contributed by atoms with van der Waals surface area (Å²) >= 11 is 11.3. The second-order valence-corrected chi connectivity index (χ2v) is 6.16. The standard InChI is InChI=1S/C17H13ClN6S/c18-12-6-8-13(9-7-12)23-24-15-10-14(11-4-2-1-3-5-11)19-20-16(15)21-22-17(24)25/h1-10,23H,(H,20,21)(H,22,25). The summed E-state index contributed by atoms with van der Waals surface area (Å²) in [6.45, 7) is 0. The second kappa shape index (κ2) is 6.54. The summed E-state index contributed by atoms with van der Waals surface area (Å²) in [5.74, 6) is 0.578. The summed E-state index contributed by atoms with van der Waals surface area (Å²) in [6.07, 6.45) is 0. The number of benzene rings is 2. The van der Waals surface area contributed by atoms with Gasteiger partial charge in [-0.05, 0) is 42.5 Å². The maximum Gasteiger partial charge on any atom is 0.211 e. The third-order valence-corrected chi connectivity index (χ3v) is 4.20. The van der Waals surface area contributed by atoms with Crippen LogP contribution in [0, 0.1) is 0 Å². The van der Waals surface area contributed by atoms with E-state index in [2.05, 4.69) is 26.5 Å². The van der Waals surface area contributed by atoms with E-state index in [1.807, 2.05) is 60.7 Å². The Balaban J connectivity index is 1.72. The molecular formula is C17H13ClN6S. The fourth-order valence-corrected chi connectivity index (χ4v) is 2.75. The molecular weight excluding hydrogens is 356 g/mol. The number of halogens is 1. The van der Waals surface area contributed by atoms with Crippen LogP contribution in [0.3, 0.4) is 0 Å². The lowest BCUT2D eigenvalue weighted by molar-refractivity contribution is 0.946. The van der Waals surface area contributed by atoms with Crippen molar-refractivity contribution in [3.8, 4) is 11.3 Å². The first-order chi connectivity index (χ1) is 12.2. The molecule has 0 unspecified atom stereocenters. The van der Waals surface area contributed by atoms with Gasteiger partial charge < -0.3 is 0 Å². The van der Waals surface area contributed by atoms with Crippen LogP contribution >= 0.6 is 23.8 Å². The molecule has 3 N–H and O–H groups in total. The number of anilines is 3. The smallest absolute Gasteiger partial charge is 0.211 e. The highest BCUT2D eigenvalue weighted by Crippen LogP contribution is 2.30. The SMILES string of the molecule is S=C1NNc2nnc(-c3ccccc3)cc2N1Nc1ccc(Cl)cc1. The van der Waals surface area contributed by atoms with E-state index < -0.39 is 0 Å². The Morgan fingerprint density at radius 1 is 0.960 bits per heavy atom. The maximum absolute atomic E-state index is 5.94. The largest absolute Gasteiger partial charge is 0.292 e. The molecule has 25 heavy (non-hydrogen) atoms. The average Bonchev–Trinajstić information content (AvgIpc) is 2.66. The molecule has 1 aromatic heterocycles. The van der Waals surface area contributed by atoms with Crippen LogP contribution < -0.4 is 21.3 Å². The molecule has 0 fully saturated rings. The molecule has 124 valence electrons. The van der Waals surface area contributed by atoms with E-state index in [1.165, 1.54) is 0 Å². The van der Waals surface area contributed by atoms with Crippen molar-refractivity contribution in [3.63, 3.8) is 0 Å². The molecule has 1 aliphatic rings. The van der Waals surface area contributed by atoms with Gasteiger partial charge in [-0.3, -0.25) is 16.3 Å². The van der Waals surface area contributed by atoms with Gasteiger partial charge in [0.2, 0.25) is 5.11 Å². The summed E-state index contributed by atoms with van der Waals surface area (Å²) < 4.78 is 0. The highest BCUT2D eigenvalue weighted by molar-refractivity contribution is 7.80. The average molecular weight is 369 g/mol. The summed E-state index contributed by atoms with van der Waals surface area (Å²) in [7, 11) is 0. The van der Waals surface area contributed by atoms with Crippen molar-refractivity contribution in [1.29, 1.82) is 0 Å². The number of hydrogen-bond acceptors (Lipinski definition) is 5. The quantitative estimate of drug-likeness (QED) is 0.607. The van der Waals surface area contributed by atoms with Gasteiger partial charge in [-0.2, -0.15) is 0 Å². The summed E-state index contributed by atoms with van der Waals surface area (Å²) in [5, 5.41) is 11.4. The molecule has 6 nitrogen and oxygen atoms in total. The van der Waals surface area contributed by atoms with Gasteiger partial charge >= 0.3 is 0 Å². The molecule has 0 atom stereocenters. The molecule has 1 aliphatic heterocycles. The number of rotatable bonds is 3. The minimum absolute atomic E-state index is 0.467. The number of fused-ring (bicyclic) bond motifs is 1.